The predicted octanol–water partition coefficient (Wildman–Crippen LogP) is 3.41. The Balaban J connectivity index is 1.54. The molecule has 21 heavy (non-hydrogen) atoms. The SMILES string of the molecule is O=C(CCc1ccc(Br)cc1)NCCSC1CCOCC1. The number of thioether (sulfide) groups is 1. The van der Waals surface area contributed by atoms with Crippen molar-refractivity contribution in [2.45, 2.75) is 30.9 Å². The molecule has 2 rings (SSSR count). The fraction of sp³-hybridized carbons (Fsp3) is 0.562. The van der Waals surface area contributed by atoms with Crippen molar-refractivity contribution in [3.8, 4) is 0 Å². The molecule has 1 amide bonds. The molecule has 1 heterocycles. The van der Waals surface area contributed by atoms with Crippen molar-refractivity contribution in [1.29, 1.82) is 0 Å². The lowest BCUT2D eigenvalue weighted by Crippen LogP contribution is -2.27. The molecular formula is C16H22BrNO2S. The molecule has 1 aliphatic heterocycles. The van der Waals surface area contributed by atoms with Gasteiger partial charge in [-0.25, -0.2) is 0 Å². The quantitative estimate of drug-likeness (QED) is 0.746. The smallest absolute Gasteiger partial charge is 0.220 e. The van der Waals surface area contributed by atoms with Crippen molar-refractivity contribution in [2.75, 3.05) is 25.5 Å². The van der Waals surface area contributed by atoms with Crippen LogP contribution in [-0.2, 0) is 16.0 Å². The van der Waals surface area contributed by atoms with E-state index < -0.39 is 0 Å². The molecule has 3 nitrogen and oxygen atoms in total. The zero-order chi connectivity index (χ0) is 14.9. The fourth-order valence-electron chi connectivity index (χ4n) is 2.26. The first-order valence-electron chi connectivity index (χ1n) is 7.44. The van der Waals surface area contributed by atoms with Gasteiger partial charge in [-0.2, -0.15) is 11.8 Å². The second kappa shape index (κ2) is 9.49. The third kappa shape index (κ3) is 6.85. The largest absolute Gasteiger partial charge is 0.381 e. The minimum atomic E-state index is 0.144. The van der Waals surface area contributed by atoms with E-state index in [2.05, 4.69) is 33.4 Å². The van der Waals surface area contributed by atoms with Gasteiger partial charge in [0.05, 0.1) is 0 Å². The Labute approximate surface area is 139 Å². The highest BCUT2D eigenvalue weighted by Gasteiger charge is 2.13. The fourth-order valence-corrected chi connectivity index (χ4v) is 3.60. The lowest BCUT2D eigenvalue weighted by atomic mass is 10.1. The van der Waals surface area contributed by atoms with Gasteiger partial charge in [-0.3, -0.25) is 4.79 Å². The summed E-state index contributed by atoms with van der Waals surface area (Å²) in [6, 6.07) is 8.13. The van der Waals surface area contributed by atoms with Crippen molar-refractivity contribution >= 4 is 33.6 Å². The highest BCUT2D eigenvalue weighted by atomic mass is 79.9. The van der Waals surface area contributed by atoms with Crippen molar-refractivity contribution in [1.82, 2.24) is 5.32 Å². The van der Waals surface area contributed by atoms with Gasteiger partial charge in [-0.05, 0) is 37.0 Å². The van der Waals surface area contributed by atoms with E-state index in [0.29, 0.717) is 11.7 Å². The van der Waals surface area contributed by atoms with Gasteiger partial charge in [0.25, 0.3) is 0 Å². The lowest BCUT2D eigenvalue weighted by Gasteiger charge is -2.21. The summed E-state index contributed by atoms with van der Waals surface area (Å²) >= 11 is 5.37. The summed E-state index contributed by atoms with van der Waals surface area (Å²) in [7, 11) is 0. The highest BCUT2D eigenvalue weighted by molar-refractivity contribution is 9.10. The van der Waals surface area contributed by atoms with Crippen LogP contribution < -0.4 is 5.32 Å². The number of benzene rings is 1. The molecule has 0 atom stereocenters. The molecule has 0 bridgehead atoms. The summed E-state index contributed by atoms with van der Waals surface area (Å²) in [4.78, 5) is 11.8. The van der Waals surface area contributed by atoms with E-state index in [4.69, 9.17) is 4.74 Å². The third-order valence-electron chi connectivity index (χ3n) is 3.50. The molecule has 1 N–H and O–H groups in total. The first-order valence-corrected chi connectivity index (χ1v) is 9.29. The molecule has 0 unspecified atom stereocenters. The Bertz CT molecular complexity index is 432. The maximum absolute atomic E-state index is 11.8. The van der Waals surface area contributed by atoms with Gasteiger partial charge in [0.2, 0.25) is 5.91 Å². The molecule has 5 heteroatoms. The predicted molar refractivity (Wildman–Crippen MR) is 91.8 cm³/mol. The van der Waals surface area contributed by atoms with Crippen LogP contribution >= 0.6 is 27.7 Å². The van der Waals surface area contributed by atoms with Crippen LogP contribution in [0, 0.1) is 0 Å². The summed E-state index contributed by atoms with van der Waals surface area (Å²) in [6.07, 6.45) is 3.64. The monoisotopic (exact) mass is 371 g/mol. The molecule has 1 aromatic rings. The average molecular weight is 372 g/mol. The maximum atomic E-state index is 11.8. The normalized spacial score (nSPS) is 15.9. The van der Waals surface area contributed by atoms with Gasteiger partial charge in [-0.15, -0.1) is 0 Å². The highest BCUT2D eigenvalue weighted by Crippen LogP contribution is 2.21. The van der Waals surface area contributed by atoms with Gasteiger partial charge < -0.3 is 10.1 Å². The Morgan fingerprint density at radius 2 is 2.00 bits per heavy atom. The first kappa shape index (κ1) is 16.8. The Hall–Kier alpha value is -0.520. The van der Waals surface area contributed by atoms with Crippen LogP contribution in [0.3, 0.4) is 0 Å². The third-order valence-corrected chi connectivity index (χ3v) is 5.41. The number of hydrogen-bond acceptors (Lipinski definition) is 3. The van der Waals surface area contributed by atoms with Crippen molar-refractivity contribution in [3.05, 3.63) is 34.3 Å². The van der Waals surface area contributed by atoms with Crippen LogP contribution in [0.5, 0.6) is 0 Å². The van der Waals surface area contributed by atoms with Crippen LogP contribution in [0.4, 0.5) is 0 Å². The Morgan fingerprint density at radius 1 is 1.29 bits per heavy atom. The zero-order valence-corrected chi connectivity index (χ0v) is 14.5. The topological polar surface area (TPSA) is 38.3 Å². The molecule has 1 aliphatic rings. The van der Waals surface area contributed by atoms with Gasteiger partial charge >= 0.3 is 0 Å². The molecule has 1 fully saturated rings. The summed E-state index contributed by atoms with van der Waals surface area (Å²) in [5.41, 5.74) is 1.20. The summed E-state index contributed by atoms with van der Waals surface area (Å²) < 4.78 is 6.41. The molecule has 0 spiro atoms. The van der Waals surface area contributed by atoms with E-state index in [0.717, 1.165) is 49.2 Å². The zero-order valence-electron chi connectivity index (χ0n) is 12.1. The summed E-state index contributed by atoms with van der Waals surface area (Å²) in [6.45, 7) is 2.54. The number of ether oxygens (including phenoxy) is 1. The second-order valence-corrected chi connectivity index (χ2v) is 7.48. The van der Waals surface area contributed by atoms with Crippen LogP contribution in [-0.4, -0.2) is 36.7 Å². The minimum Gasteiger partial charge on any atom is -0.381 e. The van der Waals surface area contributed by atoms with Gasteiger partial charge in [0.15, 0.2) is 0 Å². The van der Waals surface area contributed by atoms with E-state index in [1.807, 2.05) is 23.9 Å². The number of carbonyl (C=O) groups excluding carboxylic acids is 1. The van der Waals surface area contributed by atoms with Gasteiger partial charge in [0, 0.05) is 41.7 Å². The first-order chi connectivity index (χ1) is 10.2. The molecule has 0 aliphatic carbocycles. The summed E-state index contributed by atoms with van der Waals surface area (Å²) in [5.74, 6) is 1.14. The number of hydrogen-bond donors (Lipinski definition) is 1. The van der Waals surface area contributed by atoms with E-state index in [1.54, 1.807) is 0 Å². The minimum absolute atomic E-state index is 0.144. The molecule has 0 aromatic heterocycles. The van der Waals surface area contributed by atoms with Crippen molar-refractivity contribution in [2.24, 2.45) is 0 Å². The standard InChI is InChI=1S/C16H22BrNO2S/c17-14-4-1-13(2-5-14)3-6-16(19)18-9-12-21-15-7-10-20-11-8-15/h1-2,4-5,15H,3,6-12H2,(H,18,19). The van der Waals surface area contributed by atoms with Crippen molar-refractivity contribution in [3.63, 3.8) is 0 Å². The molecule has 1 aromatic carbocycles. The number of amides is 1. The molecule has 0 radical (unpaired) electrons. The average Bonchev–Trinajstić information content (AvgIpc) is 2.52. The molecule has 116 valence electrons. The summed E-state index contributed by atoms with van der Waals surface area (Å²) in [5, 5.41) is 3.71. The second-order valence-electron chi connectivity index (χ2n) is 5.16. The van der Waals surface area contributed by atoms with E-state index in [1.165, 1.54) is 5.56 Å². The van der Waals surface area contributed by atoms with Gasteiger partial charge in [-0.1, -0.05) is 28.1 Å². The van der Waals surface area contributed by atoms with Crippen LogP contribution in [0.2, 0.25) is 0 Å². The lowest BCUT2D eigenvalue weighted by molar-refractivity contribution is -0.120. The Kier molecular flexibility index (Phi) is 7.61. The van der Waals surface area contributed by atoms with E-state index >= 15 is 0 Å². The van der Waals surface area contributed by atoms with E-state index in [9.17, 15) is 4.79 Å². The number of nitrogens with one attached hydrogen (secondary N) is 1. The number of aryl methyl sites for hydroxylation is 1. The molecule has 1 saturated heterocycles. The van der Waals surface area contributed by atoms with E-state index in [-0.39, 0.29) is 5.91 Å². The van der Waals surface area contributed by atoms with Gasteiger partial charge in [0.1, 0.15) is 0 Å². The number of rotatable bonds is 7. The number of carbonyl (C=O) groups is 1. The van der Waals surface area contributed by atoms with Crippen LogP contribution in [0.25, 0.3) is 0 Å². The maximum Gasteiger partial charge on any atom is 0.220 e. The van der Waals surface area contributed by atoms with Crippen molar-refractivity contribution < 1.29 is 9.53 Å². The molecule has 0 saturated carbocycles. The number of halogens is 1. The van der Waals surface area contributed by atoms with Crippen LogP contribution in [0.1, 0.15) is 24.8 Å². The molecular weight excluding hydrogens is 350 g/mol. The van der Waals surface area contributed by atoms with Crippen LogP contribution in [0.15, 0.2) is 28.7 Å². The Morgan fingerprint density at radius 3 is 2.71 bits per heavy atom.